The second-order valence-electron chi connectivity index (χ2n) is 2.29. The van der Waals surface area contributed by atoms with Crippen LogP contribution >= 0.6 is 34.2 Å². The van der Waals surface area contributed by atoms with Crippen molar-refractivity contribution in [3.63, 3.8) is 0 Å². The van der Waals surface area contributed by atoms with E-state index in [4.69, 9.17) is 17.3 Å². The maximum atomic E-state index is 12.3. The highest BCUT2D eigenvalue weighted by Crippen LogP contribution is 2.28. The molecule has 0 amide bonds. The molecule has 1 aromatic rings. The lowest BCUT2D eigenvalue weighted by Gasteiger charge is -2.08. The Bertz CT molecular complexity index is 320. The molecule has 0 aliphatic rings. The molecule has 0 unspecified atom stereocenters. The molecule has 0 atom stereocenters. The normalized spacial score (nSPS) is 10.9. The third-order valence-electron chi connectivity index (χ3n) is 1.51. The maximum Gasteiger partial charge on any atom is 0.281 e. The summed E-state index contributed by atoms with van der Waals surface area (Å²) in [6, 6.07) is 0. The highest BCUT2D eigenvalue weighted by molar-refractivity contribution is 14.1. The van der Waals surface area contributed by atoms with E-state index >= 15 is 0 Å². The molecule has 1 aromatic heterocycles. The lowest BCUT2D eigenvalue weighted by atomic mass is 10.2. The van der Waals surface area contributed by atoms with Gasteiger partial charge in [0.2, 0.25) is 0 Å². The van der Waals surface area contributed by atoms with Gasteiger partial charge in [-0.1, -0.05) is 11.6 Å². The fourth-order valence-electron chi connectivity index (χ4n) is 0.859. The summed E-state index contributed by atoms with van der Waals surface area (Å²) in [5.41, 5.74) is 5.62. The molecule has 0 radical (unpaired) electrons. The Morgan fingerprint density at radius 3 is 2.69 bits per heavy atom. The van der Waals surface area contributed by atoms with Crippen LogP contribution < -0.4 is 5.73 Å². The summed E-state index contributed by atoms with van der Waals surface area (Å²) < 4.78 is 25.0. The first-order chi connectivity index (χ1) is 6.07. The summed E-state index contributed by atoms with van der Waals surface area (Å²) in [5.74, 6) is 0. The van der Waals surface area contributed by atoms with Crippen molar-refractivity contribution in [2.75, 3.05) is 0 Å². The van der Waals surface area contributed by atoms with Gasteiger partial charge in [0, 0.05) is 21.9 Å². The van der Waals surface area contributed by atoms with Crippen LogP contribution in [0.4, 0.5) is 8.78 Å². The van der Waals surface area contributed by atoms with Crippen LogP contribution in [0.1, 0.15) is 17.7 Å². The first-order valence-corrected chi connectivity index (χ1v) is 4.84. The Balaban J connectivity index is 3.27. The zero-order valence-electron chi connectivity index (χ0n) is 6.40. The minimum Gasteiger partial charge on any atom is -0.326 e. The molecule has 13 heavy (non-hydrogen) atoms. The van der Waals surface area contributed by atoms with Crippen LogP contribution in [-0.2, 0) is 6.54 Å². The lowest BCUT2D eigenvalue weighted by molar-refractivity contribution is 0.145. The van der Waals surface area contributed by atoms with Crippen molar-refractivity contribution >= 4 is 34.2 Å². The summed E-state index contributed by atoms with van der Waals surface area (Å²) in [6.45, 7) is 0.138. The van der Waals surface area contributed by atoms with Gasteiger partial charge < -0.3 is 5.73 Å². The topological polar surface area (TPSA) is 38.9 Å². The highest BCUT2D eigenvalue weighted by atomic mass is 127. The van der Waals surface area contributed by atoms with Crippen LogP contribution in [0.15, 0.2) is 6.20 Å². The van der Waals surface area contributed by atoms with E-state index < -0.39 is 6.43 Å². The van der Waals surface area contributed by atoms with Crippen molar-refractivity contribution in [3.8, 4) is 0 Å². The van der Waals surface area contributed by atoms with E-state index in [1.54, 1.807) is 22.6 Å². The van der Waals surface area contributed by atoms with Crippen molar-refractivity contribution in [2.45, 2.75) is 13.0 Å². The molecule has 0 aliphatic heterocycles. The Kier molecular flexibility index (Phi) is 3.81. The minimum atomic E-state index is -2.59. The average Bonchev–Trinajstić information content (AvgIpc) is 2.04. The van der Waals surface area contributed by atoms with Crippen molar-refractivity contribution in [1.82, 2.24) is 4.98 Å². The number of hydrogen-bond donors (Lipinski definition) is 1. The summed E-state index contributed by atoms with van der Waals surface area (Å²) in [4.78, 5) is 3.54. The molecule has 0 saturated heterocycles. The average molecular weight is 318 g/mol. The fraction of sp³-hybridized carbons (Fsp3) is 0.286. The number of hydrogen-bond acceptors (Lipinski definition) is 2. The monoisotopic (exact) mass is 318 g/mol. The van der Waals surface area contributed by atoms with Gasteiger partial charge in [-0.05, 0) is 22.6 Å². The van der Waals surface area contributed by atoms with Gasteiger partial charge in [0.25, 0.3) is 6.43 Å². The summed E-state index contributed by atoms with van der Waals surface area (Å²) in [5, 5.41) is 0.330. The number of nitrogens with two attached hydrogens (primary N) is 1. The molecule has 2 N–H and O–H groups in total. The Labute approximate surface area is 92.6 Å². The fourth-order valence-corrected chi connectivity index (χ4v) is 2.12. The molecule has 72 valence electrons. The van der Waals surface area contributed by atoms with Gasteiger partial charge in [-0.3, -0.25) is 4.98 Å². The van der Waals surface area contributed by atoms with Crippen molar-refractivity contribution in [2.24, 2.45) is 5.73 Å². The van der Waals surface area contributed by atoms with Crippen molar-refractivity contribution in [3.05, 3.63) is 26.0 Å². The lowest BCUT2D eigenvalue weighted by Crippen LogP contribution is -2.05. The summed E-state index contributed by atoms with van der Waals surface area (Å²) in [7, 11) is 0. The highest BCUT2D eigenvalue weighted by Gasteiger charge is 2.17. The molecule has 2 nitrogen and oxygen atoms in total. The van der Waals surface area contributed by atoms with E-state index in [0.717, 1.165) is 0 Å². The summed E-state index contributed by atoms with van der Waals surface area (Å²) in [6.07, 6.45) is -1.39. The van der Waals surface area contributed by atoms with Gasteiger partial charge in [-0.15, -0.1) is 0 Å². The Morgan fingerprint density at radius 2 is 2.23 bits per heavy atom. The van der Waals surface area contributed by atoms with Gasteiger partial charge in [-0.25, -0.2) is 8.78 Å². The van der Waals surface area contributed by atoms with Crippen LogP contribution in [0.3, 0.4) is 0 Å². The first-order valence-electron chi connectivity index (χ1n) is 3.39. The number of rotatable bonds is 2. The number of nitrogens with zero attached hydrogens (tertiary/aromatic N) is 1. The van der Waals surface area contributed by atoms with Crippen LogP contribution in [-0.4, -0.2) is 4.98 Å². The van der Waals surface area contributed by atoms with E-state index in [9.17, 15) is 8.78 Å². The van der Waals surface area contributed by atoms with E-state index in [1.165, 1.54) is 6.20 Å². The minimum absolute atomic E-state index is 0.138. The molecular formula is C7H6ClF2IN2. The molecule has 0 aliphatic carbocycles. The maximum absolute atomic E-state index is 12.3. The largest absolute Gasteiger partial charge is 0.326 e. The van der Waals surface area contributed by atoms with E-state index in [2.05, 4.69) is 4.98 Å². The Morgan fingerprint density at radius 1 is 1.62 bits per heavy atom. The molecule has 6 heteroatoms. The van der Waals surface area contributed by atoms with Gasteiger partial charge in [-0.2, -0.15) is 0 Å². The van der Waals surface area contributed by atoms with Gasteiger partial charge in [0.15, 0.2) is 0 Å². The Hall–Kier alpha value is -0.0100. The van der Waals surface area contributed by atoms with Gasteiger partial charge in [0.1, 0.15) is 5.69 Å². The first kappa shape index (κ1) is 11.1. The molecule has 0 aromatic carbocycles. The number of halogens is 4. The third kappa shape index (κ3) is 2.26. The number of pyridine rings is 1. The number of alkyl halides is 2. The second-order valence-corrected chi connectivity index (χ2v) is 3.77. The van der Waals surface area contributed by atoms with Crippen LogP contribution in [0, 0.1) is 3.57 Å². The second kappa shape index (κ2) is 4.47. The molecule has 0 bridgehead atoms. The number of aromatic nitrogens is 1. The zero-order valence-corrected chi connectivity index (χ0v) is 9.31. The smallest absolute Gasteiger partial charge is 0.281 e. The summed E-state index contributed by atoms with van der Waals surface area (Å²) >= 11 is 7.49. The predicted octanol–water partition coefficient (Wildman–Crippen LogP) is 2.74. The molecule has 0 spiro atoms. The molecule has 1 rings (SSSR count). The van der Waals surface area contributed by atoms with E-state index in [-0.39, 0.29) is 12.2 Å². The quantitative estimate of drug-likeness (QED) is 0.852. The van der Waals surface area contributed by atoms with Crippen molar-refractivity contribution in [1.29, 1.82) is 0 Å². The predicted molar refractivity (Wildman–Crippen MR) is 54.8 cm³/mol. The standard InChI is InChI=1S/C7H6ClF2IN2/c8-4-2-13-6(7(9)10)5(11)3(4)1-12/h2,7H,1,12H2. The van der Waals surface area contributed by atoms with E-state index in [1.807, 2.05) is 0 Å². The van der Waals surface area contributed by atoms with Gasteiger partial charge in [0.05, 0.1) is 5.02 Å². The molecular weight excluding hydrogens is 312 g/mol. The van der Waals surface area contributed by atoms with Crippen molar-refractivity contribution < 1.29 is 8.78 Å². The molecule has 0 saturated carbocycles. The zero-order chi connectivity index (χ0) is 10.0. The molecule has 0 fully saturated rings. The molecule has 1 heterocycles. The van der Waals surface area contributed by atoms with Crippen LogP contribution in [0.2, 0.25) is 5.02 Å². The van der Waals surface area contributed by atoms with Crippen LogP contribution in [0.25, 0.3) is 0 Å². The van der Waals surface area contributed by atoms with Gasteiger partial charge >= 0.3 is 0 Å². The third-order valence-corrected chi connectivity index (χ3v) is 3.04. The van der Waals surface area contributed by atoms with Crippen LogP contribution in [0.5, 0.6) is 0 Å². The SMILES string of the molecule is NCc1c(Cl)cnc(C(F)F)c1I. The van der Waals surface area contributed by atoms with E-state index in [0.29, 0.717) is 14.2 Å².